The molecule has 1 rings (SSSR count). The van der Waals surface area contributed by atoms with E-state index in [0.29, 0.717) is 5.92 Å². The van der Waals surface area contributed by atoms with Gasteiger partial charge in [0.25, 0.3) is 0 Å². The molecule has 0 saturated carbocycles. The van der Waals surface area contributed by atoms with E-state index in [2.05, 4.69) is 78.0 Å². The second kappa shape index (κ2) is 7.45. The van der Waals surface area contributed by atoms with Crippen LogP contribution in [0.5, 0.6) is 0 Å². The second-order valence-corrected chi connectivity index (χ2v) is 7.84. The van der Waals surface area contributed by atoms with Crippen LogP contribution < -0.4 is 5.32 Å². The van der Waals surface area contributed by atoms with Crippen molar-refractivity contribution in [3.63, 3.8) is 0 Å². The first-order valence-electron chi connectivity index (χ1n) is 8.57. The fourth-order valence-electron chi connectivity index (χ4n) is 2.93. The molecule has 1 nitrogen and oxygen atoms in total. The van der Waals surface area contributed by atoms with E-state index in [9.17, 15) is 0 Å². The molecule has 0 aliphatic carbocycles. The van der Waals surface area contributed by atoms with Gasteiger partial charge < -0.3 is 5.32 Å². The molecular weight excluding hydrogens is 254 g/mol. The Labute approximate surface area is 132 Å². The quantitative estimate of drug-likeness (QED) is 0.719. The topological polar surface area (TPSA) is 12.0 Å². The fourth-order valence-corrected chi connectivity index (χ4v) is 2.93. The smallest absolute Gasteiger partial charge is 0.00725 e. The molecule has 0 saturated heterocycles. The molecule has 0 unspecified atom stereocenters. The molecule has 0 atom stereocenters. The monoisotopic (exact) mass is 289 g/mol. The zero-order chi connectivity index (χ0) is 16.1. The standard InChI is InChI=1S/C20H35N/c1-8-20(9-2,15-21-14-16(3)4)18-12-10-17(11-13-18)19(5,6)7/h10-13,16,21H,8-9,14-15H2,1-7H3. The van der Waals surface area contributed by atoms with E-state index in [-0.39, 0.29) is 10.8 Å². The van der Waals surface area contributed by atoms with E-state index in [1.54, 1.807) is 0 Å². The van der Waals surface area contributed by atoms with Gasteiger partial charge in [-0.2, -0.15) is 0 Å². The molecule has 0 aliphatic heterocycles. The van der Waals surface area contributed by atoms with Crippen molar-refractivity contribution in [1.82, 2.24) is 5.32 Å². The molecule has 0 fully saturated rings. The highest BCUT2D eigenvalue weighted by Crippen LogP contribution is 2.33. The highest BCUT2D eigenvalue weighted by Gasteiger charge is 2.28. The van der Waals surface area contributed by atoms with E-state index in [1.807, 2.05) is 0 Å². The summed E-state index contributed by atoms with van der Waals surface area (Å²) in [6, 6.07) is 9.34. The minimum atomic E-state index is 0.232. The predicted octanol–water partition coefficient (Wildman–Crippen LogP) is 5.29. The zero-order valence-corrected chi connectivity index (χ0v) is 15.2. The van der Waals surface area contributed by atoms with E-state index in [0.717, 1.165) is 13.1 Å². The van der Waals surface area contributed by atoms with E-state index in [4.69, 9.17) is 0 Å². The fraction of sp³-hybridized carbons (Fsp3) is 0.700. The minimum Gasteiger partial charge on any atom is -0.316 e. The molecule has 21 heavy (non-hydrogen) atoms. The van der Waals surface area contributed by atoms with Gasteiger partial charge in [-0.1, -0.05) is 72.7 Å². The Morgan fingerprint density at radius 3 is 1.76 bits per heavy atom. The largest absolute Gasteiger partial charge is 0.316 e. The van der Waals surface area contributed by atoms with Gasteiger partial charge in [0.2, 0.25) is 0 Å². The average Bonchev–Trinajstić information content (AvgIpc) is 2.43. The van der Waals surface area contributed by atoms with Crippen LogP contribution in [0.2, 0.25) is 0 Å². The van der Waals surface area contributed by atoms with Crippen LogP contribution in [0.3, 0.4) is 0 Å². The number of benzene rings is 1. The first-order valence-corrected chi connectivity index (χ1v) is 8.57. The predicted molar refractivity (Wildman–Crippen MR) is 95.1 cm³/mol. The molecule has 0 amide bonds. The van der Waals surface area contributed by atoms with Crippen molar-refractivity contribution in [2.75, 3.05) is 13.1 Å². The number of nitrogens with one attached hydrogen (secondary N) is 1. The lowest BCUT2D eigenvalue weighted by atomic mass is 9.74. The van der Waals surface area contributed by atoms with Crippen molar-refractivity contribution in [2.45, 2.75) is 72.1 Å². The van der Waals surface area contributed by atoms with Crippen molar-refractivity contribution in [1.29, 1.82) is 0 Å². The summed E-state index contributed by atoms with van der Waals surface area (Å²) in [5, 5.41) is 3.67. The van der Waals surface area contributed by atoms with Gasteiger partial charge in [-0.25, -0.2) is 0 Å². The highest BCUT2D eigenvalue weighted by atomic mass is 14.9. The maximum atomic E-state index is 3.67. The van der Waals surface area contributed by atoms with Gasteiger partial charge in [-0.05, 0) is 41.8 Å². The first-order chi connectivity index (χ1) is 9.75. The molecule has 1 N–H and O–H groups in total. The summed E-state index contributed by atoms with van der Waals surface area (Å²) in [5.41, 5.74) is 3.40. The maximum Gasteiger partial charge on any atom is 0.00725 e. The summed E-state index contributed by atoms with van der Waals surface area (Å²) in [6.45, 7) is 18.2. The molecule has 120 valence electrons. The molecule has 0 heterocycles. The average molecular weight is 290 g/mol. The van der Waals surface area contributed by atoms with Crippen LogP contribution in [0.4, 0.5) is 0 Å². The molecule has 0 aromatic heterocycles. The lowest BCUT2D eigenvalue weighted by molar-refractivity contribution is 0.358. The number of hydrogen-bond acceptors (Lipinski definition) is 1. The van der Waals surface area contributed by atoms with Crippen LogP contribution in [0.1, 0.15) is 72.4 Å². The molecular formula is C20H35N. The van der Waals surface area contributed by atoms with Crippen molar-refractivity contribution < 1.29 is 0 Å². The summed E-state index contributed by atoms with van der Waals surface area (Å²) in [4.78, 5) is 0. The molecule has 1 heteroatoms. The van der Waals surface area contributed by atoms with Crippen molar-refractivity contribution in [3.05, 3.63) is 35.4 Å². The molecule has 0 bridgehead atoms. The van der Waals surface area contributed by atoms with Gasteiger partial charge in [-0.15, -0.1) is 0 Å². The number of hydrogen-bond donors (Lipinski definition) is 1. The van der Waals surface area contributed by atoms with Crippen molar-refractivity contribution >= 4 is 0 Å². The van der Waals surface area contributed by atoms with Gasteiger partial charge in [0, 0.05) is 12.0 Å². The van der Waals surface area contributed by atoms with Crippen LogP contribution in [0, 0.1) is 5.92 Å². The van der Waals surface area contributed by atoms with Crippen LogP contribution in [0.15, 0.2) is 24.3 Å². The van der Waals surface area contributed by atoms with E-state index >= 15 is 0 Å². The molecule has 1 aromatic rings. The van der Waals surface area contributed by atoms with Crippen molar-refractivity contribution in [3.8, 4) is 0 Å². The Kier molecular flexibility index (Phi) is 6.46. The van der Waals surface area contributed by atoms with Gasteiger partial charge >= 0.3 is 0 Å². The number of rotatable bonds is 7. The summed E-state index contributed by atoms with van der Waals surface area (Å²) in [7, 11) is 0. The Hall–Kier alpha value is -0.820. The third-order valence-corrected chi connectivity index (χ3v) is 4.73. The maximum absolute atomic E-state index is 3.67. The third-order valence-electron chi connectivity index (χ3n) is 4.73. The van der Waals surface area contributed by atoms with Gasteiger partial charge in [0.1, 0.15) is 0 Å². The van der Waals surface area contributed by atoms with Crippen molar-refractivity contribution in [2.24, 2.45) is 5.92 Å². The third kappa shape index (κ3) is 4.85. The van der Waals surface area contributed by atoms with Gasteiger partial charge in [-0.3, -0.25) is 0 Å². The molecule has 0 spiro atoms. The Morgan fingerprint density at radius 1 is 0.905 bits per heavy atom. The minimum absolute atomic E-state index is 0.232. The second-order valence-electron chi connectivity index (χ2n) is 7.84. The SMILES string of the molecule is CCC(CC)(CNCC(C)C)c1ccc(C(C)(C)C)cc1. The molecule has 1 aromatic carbocycles. The van der Waals surface area contributed by atoms with Crippen LogP contribution in [0.25, 0.3) is 0 Å². The Bertz CT molecular complexity index is 404. The Balaban J connectivity index is 2.94. The normalized spacial score (nSPS) is 13.0. The van der Waals surface area contributed by atoms with Crippen LogP contribution in [-0.4, -0.2) is 13.1 Å². The highest BCUT2D eigenvalue weighted by molar-refractivity contribution is 5.32. The summed E-state index contributed by atoms with van der Waals surface area (Å²) in [6.07, 6.45) is 2.37. The Morgan fingerprint density at radius 2 is 1.38 bits per heavy atom. The molecule has 0 aliphatic rings. The van der Waals surface area contributed by atoms with E-state index in [1.165, 1.54) is 24.0 Å². The first kappa shape index (κ1) is 18.2. The zero-order valence-electron chi connectivity index (χ0n) is 15.2. The van der Waals surface area contributed by atoms with Crippen LogP contribution in [-0.2, 0) is 10.8 Å². The molecule has 0 radical (unpaired) electrons. The summed E-state index contributed by atoms with van der Waals surface area (Å²) >= 11 is 0. The summed E-state index contributed by atoms with van der Waals surface area (Å²) in [5.74, 6) is 0.708. The summed E-state index contributed by atoms with van der Waals surface area (Å²) < 4.78 is 0. The van der Waals surface area contributed by atoms with Gasteiger partial charge in [0.05, 0.1) is 0 Å². The van der Waals surface area contributed by atoms with Crippen LogP contribution >= 0.6 is 0 Å². The lowest BCUT2D eigenvalue weighted by Crippen LogP contribution is -2.38. The van der Waals surface area contributed by atoms with E-state index < -0.39 is 0 Å². The van der Waals surface area contributed by atoms with Gasteiger partial charge in [0.15, 0.2) is 0 Å². The lowest BCUT2D eigenvalue weighted by Gasteiger charge is -2.34.